The molecule has 4 nitrogen and oxygen atoms in total. The third-order valence-electron chi connectivity index (χ3n) is 7.25. The van der Waals surface area contributed by atoms with Gasteiger partial charge in [0.15, 0.2) is 12.5 Å². The number of aromatic nitrogens is 2. The second-order valence-electron chi connectivity index (χ2n) is 9.27. The summed E-state index contributed by atoms with van der Waals surface area (Å²) >= 11 is 0. The molecule has 34 heavy (non-hydrogen) atoms. The summed E-state index contributed by atoms with van der Waals surface area (Å²) in [4.78, 5) is 0. The first-order valence-electron chi connectivity index (χ1n) is 12.0. The van der Waals surface area contributed by atoms with Gasteiger partial charge in [-0.3, -0.25) is 0 Å². The van der Waals surface area contributed by atoms with Gasteiger partial charge in [0.05, 0.1) is 22.1 Å². The highest BCUT2D eigenvalue weighted by atomic mass is 16.6. The first kappa shape index (κ1) is 19.8. The number of hydrogen-bond donors (Lipinski definition) is 0. The molecule has 4 atom stereocenters. The second-order valence-corrected chi connectivity index (χ2v) is 9.27. The number of fused-ring (bicyclic) bond motifs is 6. The molecule has 7 rings (SSSR count). The van der Waals surface area contributed by atoms with Crippen molar-refractivity contribution in [3.63, 3.8) is 0 Å². The van der Waals surface area contributed by atoms with Crippen LogP contribution in [0.4, 0.5) is 0 Å². The van der Waals surface area contributed by atoms with Crippen molar-refractivity contribution in [3.05, 3.63) is 97.1 Å². The third kappa shape index (κ3) is 2.73. The summed E-state index contributed by atoms with van der Waals surface area (Å²) < 4.78 is 18.2. The molecule has 1 saturated heterocycles. The Labute approximate surface area is 197 Å². The molecule has 0 N–H and O–H groups in total. The van der Waals surface area contributed by atoms with Gasteiger partial charge < -0.3 is 18.6 Å². The molecule has 1 fully saturated rings. The quantitative estimate of drug-likeness (QED) is 0.277. The summed E-state index contributed by atoms with van der Waals surface area (Å²) in [5.41, 5.74) is 4.69. The minimum absolute atomic E-state index is 0.139. The van der Waals surface area contributed by atoms with Crippen LogP contribution in [-0.2, 0) is 9.47 Å². The van der Waals surface area contributed by atoms with Gasteiger partial charge in [-0.15, -0.1) is 0 Å². The van der Waals surface area contributed by atoms with Crippen LogP contribution in [0.1, 0.15) is 26.3 Å². The van der Waals surface area contributed by atoms with Gasteiger partial charge in [-0.05, 0) is 38.1 Å². The molecule has 0 spiro atoms. The monoisotopic (exact) mass is 446 g/mol. The highest BCUT2D eigenvalue weighted by Crippen LogP contribution is 2.42. The standard InChI is InChI=1S/C30H26N2O2/c1-19-29(31-25-15-7-3-11-21(25)22-12-4-8-16-26(22)31)34-20(2)30(33-19)32-27-17-9-5-13-23(27)24-14-6-10-18-28(24)32/h3-20,29-30H,1-2H3/t19-,20-,29-,30-/m1/s1. The molecular formula is C30H26N2O2. The molecule has 0 radical (unpaired) electrons. The summed E-state index contributed by atoms with van der Waals surface area (Å²) in [5.74, 6) is 0. The number of para-hydroxylation sites is 4. The SMILES string of the molecule is C[C@H]1O[C@@H](n2c3ccccc3c3ccccc32)[C@@H](C)O[C@H]1n1c2ccccc2c2ccccc21. The summed E-state index contributed by atoms with van der Waals surface area (Å²) in [5, 5.41) is 4.97. The molecule has 0 unspecified atom stereocenters. The second kappa shape index (κ2) is 7.45. The van der Waals surface area contributed by atoms with Crippen LogP contribution in [0.3, 0.4) is 0 Å². The Bertz CT molecular complexity index is 1450. The van der Waals surface area contributed by atoms with E-state index in [1.165, 1.54) is 43.6 Å². The average Bonchev–Trinajstić information content (AvgIpc) is 3.39. The summed E-state index contributed by atoms with van der Waals surface area (Å²) in [6, 6.07) is 34.2. The van der Waals surface area contributed by atoms with E-state index in [-0.39, 0.29) is 24.7 Å². The minimum atomic E-state index is -0.218. The maximum absolute atomic E-state index is 6.81. The molecule has 2 aromatic heterocycles. The molecule has 1 aliphatic heterocycles. The molecule has 0 bridgehead atoms. The molecule has 168 valence electrons. The lowest BCUT2D eigenvalue weighted by Crippen LogP contribution is -2.42. The van der Waals surface area contributed by atoms with Crippen LogP contribution in [0.2, 0.25) is 0 Å². The van der Waals surface area contributed by atoms with Gasteiger partial charge >= 0.3 is 0 Å². The number of nitrogens with zero attached hydrogens (tertiary/aromatic N) is 2. The fourth-order valence-electron chi connectivity index (χ4n) is 5.79. The number of ether oxygens (including phenoxy) is 2. The molecule has 6 aromatic rings. The van der Waals surface area contributed by atoms with Crippen molar-refractivity contribution < 1.29 is 9.47 Å². The number of benzene rings is 4. The zero-order chi connectivity index (χ0) is 22.8. The van der Waals surface area contributed by atoms with Crippen LogP contribution in [0.25, 0.3) is 43.6 Å². The summed E-state index contributed by atoms with van der Waals surface area (Å²) in [6.07, 6.45) is -0.714. The molecule has 3 heterocycles. The van der Waals surface area contributed by atoms with Crippen molar-refractivity contribution >= 4 is 43.6 Å². The smallest absolute Gasteiger partial charge is 0.161 e. The molecule has 1 aliphatic rings. The van der Waals surface area contributed by atoms with Crippen molar-refractivity contribution in [2.24, 2.45) is 0 Å². The summed E-state index contributed by atoms with van der Waals surface area (Å²) in [7, 11) is 0. The van der Waals surface area contributed by atoms with Crippen molar-refractivity contribution in [1.29, 1.82) is 0 Å². The topological polar surface area (TPSA) is 28.3 Å². The van der Waals surface area contributed by atoms with Crippen LogP contribution in [0.15, 0.2) is 97.1 Å². The fraction of sp³-hybridized carbons (Fsp3) is 0.200. The zero-order valence-electron chi connectivity index (χ0n) is 19.3. The van der Waals surface area contributed by atoms with E-state index in [9.17, 15) is 0 Å². The van der Waals surface area contributed by atoms with Crippen LogP contribution in [-0.4, -0.2) is 21.3 Å². The van der Waals surface area contributed by atoms with Crippen LogP contribution in [0.5, 0.6) is 0 Å². The van der Waals surface area contributed by atoms with E-state index >= 15 is 0 Å². The number of hydrogen-bond acceptors (Lipinski definition) is 2. The Morgan fingerprint density at radius 1 is 0.441 bits per heavy atom. The van der Waals surface area contributed by atoms with Gasteiger partial charge in [-0.1, -0.05) is 72.8 Å². The molecule has 4 heteroatoms. The van der Waals surface area contributed by atoms with Crippen LogP contribution in [0, 0.1) is 0 Å². The van der Waals surface area contributed by atoms with Crippen molar-refractivity contribution in [2.75, 3.05) is 0 Å². The van der Waals surface area contributed by atoms with E-state index in [4.69, 9.17) is 9.47 Å². The van der Waals surface area contributed by atoms with E-state index in [0.29, 0.717) is 0 Å². The zero-order valence-corrected chi connectivity index (χ0v) is 19.3. The average molecular weight is 447 g/mol. The highest BCUT2D eigenvalue weighted by Gasteiger charge is 2.38. The first-order chi connectivity index (χ1) is 16.7. The van der Waals surface area contributed by atoms with E-state index < -0.39 is 0 Å². The Kier molecular flexibility index (Phi) is 4.35. The number of rotatable bonds is 2. The molecular weight excluding hydrogens is 420 g/mol. The molecule has 0 amide bonds. The lowest BCUT2D eigenvalue weighted by Gasteiger charge is -2.41. The predicted molar refractivity (Wildman–Crippen MR) is 138 cm³/mol. The Morgan fingerprint density at radius 3 is 1.00 bits per heavy atom. The van der Waals surface area contributed by atoms with Crippen molar-refractivity contribution in [2.45, 2.75) is 38.5 Å². The van der Waals surface area contributed by atoms with E-state index in [1.807, 2.05) is 0 Å². The Hall–Kier alpha value is -3.60. The van der Waals surface area contributed by atoms with E-state index in [2.05, 4.69) is 120 Å². The van der Waals surface area contributed by atoms with Crippen molar-refractivity contribution in [3.8, 4) is 0 Å². The Morgan fingerprint density at radius 2 is 0.706 bits per heavy atom. The fourth-order valence-corrected chi connectivity index (χ4v) is 5.79. The van der Waals surface area contributed by atoms with Gasteiger partial charge in [-0.2, -0.15) is 0 Å². The van der Waals surface area contributed by atoms with Gasteiger partial charge in [0, 0.05) is 21.5 Å². The molecule has 0 aliphatic carbocycles. The molecule has 0 saturated carbocycles. The van der Waals surface area contributed by atoms with Gasteiger partial charge in [-0.25, -0.2) is 0 Å². The van der Waals surface area contributed by atoms with Gasteiger partial charge in [0.25, 0.3) is 0 Å². The normalized spacial score (nSPS) is 23.4. The molecule has 4 aromatic carbocycles. The van der Waals surface area contributed by atoms with Crippen LogP contribution >= 0.6 is 0 Å². The summed E-state index contributed by atoms with van der Waals surface area (Å²) in [6.45, 7) is 4.25. The maximum Gasteiger partial charge on any atom is 0.161 e. The Balaban J connectivity index is 1.36. The highest BCUT2D eigenvalue weighted by molar-refractivity contribution is 6.09. The lowest BCUT2D eigenvalue weighted by molar-refractivity contribution is -0.254. The largest absolute Gasteiger partial charge is 0.348 e. The third-order valence-corrected chi connectivity index (χ3v) is 7.25. The van der Waals surface area contributed by atoms with E-state index in [0.717, 1.165) is 0 Å². The van der Waals surface area contributed by atoms with Gasteiger partial charge in [0.2, 0.25) is 0 Å². The maximum atomic E-state index is 6.81. The predicted octanol–water partition coefficient (Wildman–Crippen LogP) is 7.42. The van der Waals surface area contributed by atoms with E-state index in [1.54, 1.807) is 0 Å². The minimum Gasteiger partial charge on any atom is -0.348 e. The lowest BCUT2D eigenvalue weighted by atomic mass is 10.2. The van der Waals surface area contributed by atoms with Crippen LogP contribution < -0.4 is 0 Å². The van der Waals surface area contributed by atoms with Crippen molar-refractivity contribution in [1.82, 2.24) is 9.13 Å². The first-order valence-corrected chi connectivity index (χ1v) is 12.0. The van der Waals surface area contributed by atoms with Gasteiger partial charge in [0.1, 0.15) is 12.2 Å².